The molecule has 1 atom stereocenters. The Kier molecular flexibility index (Phi) is 3.54. The Morgan fingerprint density at radius 2 is 2.40 bits per heavy atom. The largest absolute Gasteiger partial charge is 0.480 e. The van der Waals surface area contributed by atoms with Crippen LogP contribution in [0.3, 0.4) is 0 Å². The second kappa shape index (κ2) is 5.34. The number of hydrogen-bond acceptors (Lipinski definition) is 4. The van der Waals surface area contributed by atoms with Gasteiger partial charge in [-0.2, -0.15) is 0 Å². The number of pyridine rings is 1. The van der Waals surface area contributed by atoms with Crippen LogP contribution in [0, 0.1) is 6.92 Å². The van der Waals surface area contributed by atoms with Gasteiger partial charge < -0.3 is 5.11 Å². The van der Waals surface area contributed by atoms with Gasteiger partial charge in [-0.3, -0.25) is 14.7 Å². The quantitative estimate of drug-likeness (QED) is 0.943. The fourth-order valence-corrected chi connectivity index (χ4v) is 3.61. The zero-order valence-electron chi connectivity index (χ0n) is 11.2. The number of aliphatic carboxylic acids is 1. The van der Waals surface area contributed by atoms with Gasteiger partial charge in [0.2, 0.25) is 0 Å². The third kappa shape index (κ3) is 2.34. The van der Waals surface area contributed by atoms with Gasteiger partial charge in [0, 0.05) is 30.4 Å². The number of carboxylic acid groups (broad SMARTS) is 1. The normalized spacial score (nSPS) is 18.8. The fourth-order valence-electron chi connectivity index (χ4n) is 2.71. The van der Waals surface area contributed by atoms with Crippen LogP contribution in [0.4, 0.5) is 0 Å². The first-order valence-corrected chi connectivity index (χ1v) is 7.47. The molecule has 0 bridgehead atoms. The van der Waals surface area contributed by atoms with E-state index in [2.05, 4.69) is 4.98 Å². The molecule has 0 spiro atoms. The average Bonchev–Trinajstić information content (AvgIpc) is 2.88. The summed E-state index contributed by atoms with van der Waals surface area (Å²) in [5, 5.41) is 11.6. The highest BCUT2D eigenvalue weighted by molar-refractivity contribution is 7.10. The second-order valence-corrected chi connectivity index (χ2v) is 6.06. The number of hydrogen-bond donors (Lipinski definition) is 1. The molecule has 2 aromatic heterocycles. The molecule has 1 aliphatic heterocycles. The molecule has 0 fully saturated rings. The summed E-state index contributed by atoms with van der Waals surface area (Å²) in [5.41, 5.74) is 3.20. The third-order valence-corrected chi connectivity index (χ3v) is 4.82. The van der Waals surface area contributed by atoms with Crippen molar-refractivity contribution in [3.8, 4) is 0 Å². The van der Waals surface area contributed by atoms with Crippen molar-refractivity contribution in [1.82, 2.24) is 9.88 Å². The molecule has 3 rings (SSSR count). The van der Waals surface area contributed by atoms with Crippen LogP contribution in [-0.2, 0) is 17.8 Å². The maximum Gasteiger partial charge on any atom is 0.325 e. The lowest BCUT2D eigenvalue weighted by Gasteiger charge is -2.33. The van der Waals surface area contributed by atoms with Crippen molar-refractivity contribution in [2.24, 2.45) is 0 Å². The van der Waals surface area contributed by atoms with Crippen molar-refractivity contribution >= 4 is 17.3 Å². The van der Waals surface area contributed by atoms with E-state index in [1.165, 1.54) is 4.88 Å². The number of carbonyl (C=O) groups is 1. The first-order valence-electron chi connectivity index (χ1n) is 6.59. The first kappa shape index (κ1) is 13.3. The van der Waals surface area contributed by atoms with Crippen molar-refractivity contribution in [2.45, 2.75) is 25.9 Å². The summed E-state index contributed by atoms with van der Waals surface area (Å²) in [6, 6.07) is 3.37. The Morgan fingerprint density at radius 1 is 1.55 bits per heavy atom. The van der Waals surface area contributed by atoms with E-state index in [1.807, 2.05) is 35.5 Å². The number of nitrogens with zero attached hydrogens (tertiary/aromatic N) is 2. The van der Waals surface area contributed by atoms with Crippen molar-refractivity contribution in [3.05, 3.63) is 51.5 Å². The number of carboxylic acids is 1. The Labute approximate surface area is 121 Å². The summed E-state index contributed by atoms with van der Waals surface area (Å²) in [6.45, 7) is 3.44. The molecule has 20 heavy (non-hydrogen) atoms. The molecule has 1 aliphatic rings. The molecular weight excluding hydrogens is 272 g/mol. The van der Waals surface area contributed by atoms with Crippen LogP contribution in [0.15, 0.2) is 29.9 Å². The molecule has 4 nitrogen and oxygen atoms in total. The minimum atomic E-state index is -0.772. The molecule has 104 valence electrons. The summed E-state index contributed by atoms with van der Waals surface area (Å²) < 4.78 is 0. The number of rotatable bonds is 3. The van der Waals surface area contributed by atoms with Gasteiger partial charge in [0.1, 0.15) is 6.04 Å². The summed E-state index contributed by atoms with van der Waals surface area (Å²) in [5.74, 6) is -0.772. The molecule has 0 aromatic carbocycles. The van der Waals surface area contributed by atoms with Gasteiger partial charge in [0.25, 0.3) is 0 Å². The number of fused-ring (bicyclic) bond motifs is 1. The Balaban J connectivity index is 1.90. The first-order chi connectivity index (χ1) is 9.66. The molecule has 5 heteroatoms. The Morgan fingerprint density at radius 3 is 3.15 bits per heavy atom. The molecule has 1 N–H and O–H groups in total. The van der Waals surface area contributed by atoms with E-state index in [0.29, 0.717) is 6.54 Å². The molecule has 1 unspecified atom stereocenters. The molecule has 0 saturated heterocycles. The number of aryl methyl sites for hydroxylation is 1. The van der Waals surface area contributed by atoms with Crippen LogP contribution < -0.4 is 0 Å². The van der Waals surface area contributed by atoms with E-state index >= 15 is 0 Å². The van der Waals surface area contributed by atoms with Crippen LogP contribution in [-0.4, -0.2) is 27.5 Å². The maximum atomic E-state index is 11.6. The lowest BCUT2D eigenvalue weighted by atomic mass is 9.99. The van der Waals surface area contributed by atoms with Crippen LogP contribution >= 0.6 is 11.3 Å². The zero-order chi connectivity index (χ0) is 14.1. The standard InChI is InChI=1S/C15H16N2O2S/c1-10-2-5-16-8-11(10)9-17-6-3-13-12(4-7-20-13)14(17)15(18)19/h2,4-5,7-8,14H,3,6,9H2,1H3,(H,18,19). The van der Waals surface area contributed by atoms with Crippen LogP contribution in [0.1, 0.15) is 27.6 Å². The van der Waals surface area contributed by atoms with E-state index in [-0.39, 0.29) is 0 Å². The van der Waals surface area contributed by atoms with Gasteiger partial charge in [-0.25, -0.2) is 0 Å². The van der Waals surface area contributed by atoms with Crippen molar-refractivity contribution in [3.63, 3.8) is 0 Å². The van der Waals surface area contributed by atoms with Crippen molar-refractivity contribution in [1.29, 1.82) is 0 Å². The van der Waals surface area contributed by atoms with Gasteiger partial charge in [0.15, 0.2) is 0 Å². The van der Waals surface area contributed by atoms with Crippen molar-refractivity contribution in [2.75, 3.05) is 6.54 Å². The minimum absolute atomic E-state index is 0.537. The molecule has 3 heterocycles. The van der Waals surface area contributed by atoms with E-state index < -0.39 is 12.0 Å². The average molecular weight is 288 g/mol. The van der Waals surface area contributed by atoms with Crippen LogP contribution in [0.2, 0.25) is 0 Å². The van der Waals surface area contributed by atoms with E-state index in [0.717, 1.165) is 29.7 Å². The summed E-state index contributed by atoms with van der Waals surface area (Å²) in [4.78, 5) is 19.0. The highest BCUT2D eigenvalue weighted by Gasteiger charge is 2.33. The lowest BCUT2D eigenvalue weighted by molar-refractivity contribution is -0.144. The van der Waals surface area contributed by atoms with Gasteiger partial charge in [-0.1, -0.05) is 0 Å². The third-order valence-electron chi connectivity index (χ3n) is 3.82. The molecule has 0 radical (unpaired) electrons. The molecule has 0 saturated carbocycles. The van der Waals surface area contributed by atoms with Gasteiger partial charge in [0.05, 0.1) is 0 Å². The smallest absolute Gasteiger partial charge is 0.325 e. The van der Waals surface area contributed by atoms with Gasteiger partial charge in [-0.05, 0) is 47.5 Å². The van der Waals surface area contributed by atoms with Gasteiger partial charge >= 0.3 is 5.97 Å². The highest BCUT2D eigenvalue weighted by atomic mass is 32.1. The highest BCUT2D eigenvalue weighted by Crippen LogP contribution is 2.34. The van der Waals surface area contributed by atoms with Crippen LogP contribution in [0.25, 0.3) is 0 Å². The molecule has 0 amide bonds. The monoisotopic (exact) mass is 288 g/mol. The van der Waals surface area contributed by atoms with E-state index in [4.69, 9.17) is 0 Å². The Hall–Kier alpha value is -1.72. The molecular formula is C15H16N2O2S. The minimum Gasteiger partial charge on any atom is -0.480 e. The molecule has 2 aromatic rings. The predicted molar refractivity (Wildman–Crippen MR) is 77.8 cm³/mol. The van der Waals surface area contributed by atoms with E-state index in [9.17, 15) is 9.90 Å². The number of thiophene rings is 1. The summed E-state index contributed by atoms with van der Waals surface area (Å²) >= 11 is 1.66. The van der Waals surface area contributed by atoms with Crippen LogP contribution in [0.5, 0.6) is 0 Å². The Bertz CT molecular complexity index is 638. The van der Waals surface area contributed by atoms with Crippen molar-refractivity contribution < 1.29 is 9.90 Å². The van der Waals surface area contributed by atoms with E-state index in [1.54, 1.807) is 17.5 Å². The topological polar surface area (TPSA) is 53.4 Å². The van der Waals surface area contributed by atoms with Gasteiger partial charge in [-0.15, -0.1) is 11.3 Å². The SMILES string of the molecule is Cc1ccncc1CN1CCc2sccc2C1C(=O)O. The second-order valence-electron chi connectivity index (χ2n) is 5.06. The summed E-state index contributed by atoms with van der Waals surface area (Å²) in [7, 11) is 0. The molecule has 0 aliphatic carbocycles. The zero-order valence-corrected chi connectivity index (χ0v) is 12.1. The lowest BCUT2D eigenvalue weighted by Crippen LogP contribution is -2.38. The fraction of sp³-hybridized carbons (Fsp3) is 0.333. The predicted octanol–water partition coefficient (Wildman–Crippen LogP) is 2.64. The summed E-state index contributed by atoms with van der Waals surface area (Å²) in [6.07, 6.45) is 4.52. The maximum absolute atomic E-state index is 11.6. The number of aromatic nitrogens is 1.